The molecule has 0 atom stereocenters. The number of hydrogen-bond donors (Lipinski definition) is 1. The highest BCUT2D eigenvalue weighted by Gasteiger charge is 2.10. The molecule has 0 bridgehead atoms. The Bertz CT molecular complexity index is 1150. The monoisotopic (exact) mass is 429 g/mol. The summed E-state index contributed by atoms with van der Waals surface area (Å²) in [6, 6.07) is 11.4. The van der Waals surface area contributed by atoms with Crippen molar-refractivity contribution in [2.45, 2.75) is 19.4 Å². The number of aryl methyl sites for hydroxylation is 1. The van der Waals surface area contributed by atoms with E-state index in [0.29, 0.717) is 23.6 Å². The first-order valence-electron chi connectivity index (χ1n) is 9.46. The predicted octanol–water partition coefficient (Wildman–Crippen LogP) is 3.62. The molecule has 0 radical (unpaired) electrons. The van der Waals surface area contributed by atoms with Gasteiger partial charge in [0.2, 0.25) is 5.91 Å². The van der Waals surface area contributed by atoms with E-state index >= 15 is 0 Å². The maximum atomic E-state index is 13.2. The number of anilines is 1. The Morgan fingerprint density at radius 2 is 1.77 bits per heavy atom. The Labute approximate surface area is 177 Å². The van der Waals surface area contributed by atoms with Gasteiger partial charge in [-0.1, -0.05) is 0 Å². The average molecular weight is 429 g/mol. The summed E-state index contributed by atoms with van der Waals surface area (Å²) in [5.74, 6) is -1.30. The van der Waals surface area contributed by atoms with Crippen molar-refractivity contribution in [3.05, 3.63) is 70.5 Å². The van der Waals surface area contributed by atoms with Crippen LogP contribution in [0.15, 0.2) is 53.3 Å². The van der Waals surface area contributed by atoms with E-state index in [2.05, 4.69) is 10.4 Å². The second-order valence-corrected chi connectivity index (χ2v) is 6.63. The van der Waals surface area contributed by atoms with Gasteiger partial charge in [-0.25, -0.2) is 13.5 Å². The minimum atomic E-state index is -1.04. The van der Waals surface area contributed by atoms with E-state index in [1.54, 1.807) is 31.4 Å². The third kappa shape index (κ3) is 5.44. The first-order valence-corrected chi connectivity index (χ1v) is 9.46. The van der Waals surface area contributed by atoms with E-state index in [9.17, 15) is 18.4 Å². The maximum absolute atomic E-state index is 13.2. The zero-order valence-corrected chi connectivity index (χ0v) is 17.0. The van der Waals surface area contributed by atoms with Crippen LogP contribution < -0.4 is 20.3 Å². The second-order valence-electron chi connectivity index (χ2n) is 6.63. The lowest BCUT2D eigenvalue weighted by Gasteiger charge is -2.11. The topological polar surface area (TPSA) is 82.5 Å². The van der Waals surface area contributed by atoms with E-state index < -0.39 is 11.6 Å². The van der Waals surface area contributed by atoms with Crippen molar-refractivity contribution in [3.8, 4) is 22.8 Å². The summed E-state index contributed by atoms with van der Waals surface area (Å²) in [5, 5.41) is 6.85. The quantitative estimate of drug-likeness (QED) is 0.591. The molecular formula is C22H21F2N3O4. The molecule has 162 valence electrons. The lowest BCUT2D eigenvalue weighted by molar-refractivity contribution is -0.116. The Hall–Kier alpha value is -3.75. The molecule has 1 amide bonds. The molecule has 0 saturated carbocycles. The molecule has 31 heavy (non-hydrogen) atoms. The second kappa shape index (κ2) is 9.84. The summed E-state index contributed by atoms with van der Waals surface area (Å²) in [6.45, 7) is 0.213. The number of nitrogens with one attached hydrogen (secondary N) is 1. The van der Waals surface area contributed by atoms with Gasteiger partial charge in [-0.05, 0) is 42.8 Å². The van der Waals surface area contributed by atoms with Crippen LogP contribution in [0.5, 0.6) is 11.5 Å². The fourth-order valence-corrected chi connectivity index (χ4v) is 2.95. The Morgan fingerprint density at radius 3 is 2.48 bits per heavy atom. The third-order valence-corrected chi connectivity index (χ3v) is 4.52. The maximum Gasteiger partial charge on any atom is 0.266 e. The molecule has 9 heteroatoms. The number of amides is 1. The van der Waals surface area contributed by atoms with E-state index in [1.807, 2.05) is 0 Å². The number of benzene rings is 2. The van der Waals surface area contributed by atoms with Crippen LogP contribution >= 0.6 is 0 Å². The zero-order valence-electron chi connectivity index (χ0n) is 17.0. The molecule has 0 spiro atoms. The highest BCUT2D eigenvalue weighted by molar-refractivity contribution is 5.90. The van der Waals surface area contributed by atoms with Crippen molar-refractivity contribution < 1.29 is 23.0 Å². The molecular weight excluding hydrogens is 408 g/mol. The molecule has 0 aliphatic rings. The van der Waals surface area contributed by atoms with Crippen LogP contribution in [-0.2, 0) is 11.3 Å². The van der Waals surface area contributed by atoms with Crippen LogP contribution in [0, 0.1) is 11.6 Å². The van der Waals surface area contributed by atoms with Gasteiger partial charge in [-0.2, -0.15) is 5.10 Å². The molecule has 1 heterocycles. The standard InChI is InChI=1S/C22H21F2N3O4/c1-30-19-9-5-14(12-20(19)31-2)18-8-10-22(29)27(26-18)11-3-4-21(28)25-15-6-7-16(23)17(24)13-15/h5-10,12-13H,3-4,11H2,1-2H3,(H,25,28). The van der Waals surface area contributed by atoms with Gasteiger partial charge in [0.05, 0.1) is 19.9 Å². The fourth-order valence-electron chi connectivity index (χ4n) is 2.95. The molecule has 0 unspecified atom stereocenters. The minimum absolute atomic E-state index is 0.0771. The van der Waals surface area contributed by atoms with Crippen molar-refractivity contribution in [1.82, 2.24) is 9.78 Å². The van der Waals surface area contributed by atoms with E-state index in [1.165, 1.54) is 23.9 Å². The Kier molecular flexibility index (Phi) is 6.96. The van der Waals surface area contributed by atoms with E-state index in [4.69, 9.17) is 9.47 Å². The first-order chi connectivity index (χ1) is 14.9. The van der Waals surface area contributed by atoms with Crippen LogP contribution in [0.2, 0.25) is 0 Å². The molecule has 0 aliphatic carbocycles. The van der Waals surface area contributed by atoms with Crippen LogP contribution in [0.1, 0.15) is 12.8 Å². The summed E-state index contributed by atoms with van der Waals surface area (Å²) in [6.07, 6.45) is 0.408. The molecule has 1 aromatic heterocycles. The van der Waals surface area contributed by atoms with Crippen LogP contribution in [0.25, 0.3) is 11.3 Å². The van der Waals surface area contributed by atoms with Crippen molar-refractivity contribution >= 4 is 11.6 Å². The molecule has 2 aromatic carbocycles. The predicted molar refractivity (Wildman–Crippen MR) is 111 cm³/mol. The number of methoxy groups -OCH3 is 2. The largest absolute Gasteiger partial charge is 0.493 e. The number of carbonyl (C=O) groups is 1. The van der Waals surface area contributed by atoms with Gasteiger partial charge in [0.25, 0.3) is 5.56 Å². The number of aromatic nitrogens is 2. The fraction of sp³-hybridized carbons (Fsp3) is 0.227. The molecule has 3 aromatic rings. The van der Waals surface area contributed by atoms with Crippen molar-refractivity contribution in [2.75, 3.05) is 19.5 Å². The summed E-state index contributed by atoms with van der Waals surface area (Å²) in [5.41, 5.74) is 1.16. The number of ether oxygens (including phenoxy) is 2. The number of hydrogen-bond acceptors (Lipinski definition) is 5. The average Bonchev–Trinajstić information content (AvgIpc) is 2.77. The molecule has 1 N–H and O–H groups in total. The number of halogens is 2. The molecule has 0 aliphatic heterocycles. The van der Waals surface area contributed by atoms with Gasteiger partial charge in [0, 0.05) is 36.3 Å². The van der Waals surface area contributed by atoms with Gasteiger partial charge in [0.1, 0.15) is 0 Å². The van der Waals surface area contributed by atoms with E-state index in [-0.39, 0.29) is 30.1 Å². The van der Waals surface area contributed by atoms with Gasteiger partial charge in [-0.15, -0.1) is 0 Å². The van der Waals surface area contributed by atoms with Crippen LogP contribution in [-0.4, -0.2) is 29.9 Å². The van der Waals surface area contributed by atoms with Gasteiger partial charge >= 0.3 is 0 Å². The van der Waals surface area contributed by atoms with Crippen LogP contribution in [0.4, 0.5) is 14.5 Å². The summed E-state index contributed by atoms with van der Waals surface area (Å²) >= 11 is 0. The van der Waals surface area contributed by atoms with Crippen molar-refractivity contribution in [2.24, 2.45) is 0 Å². The summed E-state index contributed by atoms with van der Waals surface area (Å²) < 4.78 is 38.0. The molecule has 3 rings (SSSR count). The lowest BCUT2D eigenvalue weighted by Crippen LogP contribution is -2.23. The summed E-state index contributed by atoms with van der Waals surface area (Å²) in [4.78, 5) is 24.2. The van der Waals surface area contributed by atoms with E-state index in [0.717, 1.165) is 17.7 Å². The highest BCUT2D eigenvalue weighted by atomic mass is 19.2. The van der Waals surface area contributed by atoms with Gasteiger partial charge in [0.15, 0.2) is 23.1 Å². The van der Waals surface area contributed by atoms with Crippen LogP contribution in [0.3, 0.4) is 0 Å². The summed E-state index contributed by atoms with van der Waals surface area (Å²) in [7, 11) is 3.07. The zero-order chi connectivity index (χ0) is 22.4. The third-order valence-electron chi connectivity index (χ3n) is 4.52. The highest BCUT2D eigenvalue weighted by Crippen LogP contribution is 2.31. The minimum Gasteiger partial charge on any atom is -0.493 e. The van der Waals surface area contributed by atoms with Crippen molar-refractivity contribution in [3.63, 3.8) is 0 Å². The first kappa shape index (κ1) is 21.9. The SMILES string of the molecule is COc1ccc(-c2ccc(=O)n(CCCC(=O)Nc3ccc(F)c(F)c3)n2)cc1OC. The van der Waals surface area contributed by atoms with Crippen molar-refractivity contribution in [1.29, 1.82) is 0 Å². The van der Waals surface area contributed by atoms with Gasteiger partial charge in [-0.3, -0.25) is 9.59 Å². The lowest BCUT2D eigenvalue weighted by atomic mass is 10.1. The molecule has 7 nitrogen and oxygen atoms in total. The normalized spacial score (nSPS) is 10.6. The number of nitrogens with zero attached hydrogens (tertiary/aromatic N) is 2. The molecule has 0 saturated heterocycles. The Balaban J connectivity index is 1.65. The Morgan fingerprint density at radius 1 is 1.00 bits per heavy atom. The smallest absolute Gasteiger partial charge is 0.266 e. The molecule has 0 fully saturated rings. The number of rotatable bonds is 8. The number of carbonyl (C=O) groups excluding carboxylic acids is 1. The van der Waals surface area contributed by atoms with Gasteiger partial charge < -0.3 is 14.8 Å².